The molecule has 0 aliphatic carbocycles. The predicted molar refractivity (Wildman–Crippen MR) is 102 cm³/mol. The number of amides is 2. The fraction of sp³-hybridized carbons (Fsp3) is 0.550. The minimum absolute atomic E-state index is 0.0362. The van der Waals surface area contributed by atoms with E-state index in [1.165, 1.54) is 11.8 Å². The van der Waals surface area contributed by atoms with Crippen molar-refractivity contribution in [2.75, 3.05) is 6.54 Å². The Kier molecular flexibility index (Phi) is 7.82. The van der Waals surface area contributed by atoms with E-state index < -0.39 is 35.7 Å². The summed E-state index contributed by atoms with van der Waals surface area (Å²) in [7, 11) is 0. The van der Waals surface area contributed by atoms with E-state index in [0.29, 0.717) is 0 Å². The van der Waals surface area contributed by atoms with E-state index >= 15 is 0 Å². The van der Waals surface area contributed by atoms with Crippen LogP contribution >= 0.6 is 0 Å². The molecule has 0 aliphatic rings. The number of nitrogens with one attached hydrogen (secondary N) is 1. The first-order valence-electron chi connectivity index (χ1n) is 9.00. The molecule has 0 saturated heterocycles. The van der Waals surface area contributed by atoms with E-state index in [0.717, 1.165) is 5.56 Å². The van der Waals surface area contributed by atoms with Crippen LogP contribution < -0.4 is 5.32 Å². The number of nitrogens with zero attached hydrogens (tertiary/aromatic N) is 1. The van der Waals surface area contributed by atoms with Gasteiger partial charge in [0.1, 0.15) is 17.7 Å². The van der Waals surface area contributed by atoms with Gasteiger partial charge in [0.2, 0.25) is 5.91 Å². The molecule has 1 rings (SSSR count). The molecule has 3 atom stereocenters. The monoisotopic (exact) mass is 378 g/mol. The van der Waals surface area contributed by atoms with Crippen LogP contribution in [0, 0.1) is 0 Å². The van der Waals surface area contributed by atoms with Crippen LogP contribution in [-0.2, 0) is 14.3 Å². The Morgan fingerprint density at radius 3 is 2.15 bits per heavy atom. The van der Waals surface area contributed by atoms with E-state index in [1.807, 2.05) is 37.3 Å². The van der Waals surface area contributed by atoms with Crippen LogP contribution in [0.3, 0.4) is 0 Å². The summed E-state index contributed by atoms with van der Waals surface area (Å²) in [6, 6.07) is 7.71. The molecule has 0 bridgehead atoms. The number of aliphatic carboxylic acids is 1. The number of carboxylic acid groups (broad SMARTS) is 1. The van der Waals surface area contributed by atoms with Crippen LogP contribution in [0.4, 0.5) is 4.79 Å². The lowest BCUT2D eigenvalue weighted by atomic mass is 10.00. The Morgan fingerprint density at radius 1 is 1.11 bits per heavy atom. The molecule has 0 aliphatic heterocycles. The summed E-state index contributed by atoms with van der Waals surface area (Å²) < 4.78 is 5.45. The Hall–Kier alpha value is -2.57. The quantitative estimate of drug-likeness (QED) is 0.760. The van der Waals surface area contributed by atoms with E-state index in [1.54, 1.807) is 27.7 Å². The second-order valence-corrected chi connectivity index (χ2v) is 7.69. The minimum Gasteiger partial charge on any atom is -0.480 e. The molecule has 0 radical (unpaired) electrons. The van der Waals surface area contributed by atoms with Gasteiger partial charge in [-0.2, -0.15) is 0 Å². The largest absolute Gasteiger partial charge is 0.480 e. The van der Waals surface area contributed by atoms with Crippen LogP contribution in [0.2, 0.25) is 0 Å². The number of benzene rings is 1. The van der Waals surface area contributed by atoms with Crippen molar-refractivity contribution in [3.05, 3.63) is 35.9 Å². The second kappa shape index (κ2) is 9.39. The van der Waals surface area contributed by atoms with Gasteiger partial charge in [-0.3, -0.25) is 14.5 Å². The second-order valence-electron chi connectivity index (χ2n) is 7.69. The normalized spacial score (nSPS) is 14.6. The van der Waals surface area contributed by atoms with Gasteiger partial charge >= 0.3 is 12.1 Å². The zero-order valence-corrected chi connectivity index (χ0v) is 16.9. The van der Waals surface area contributed by atoms with Gasteiger partial charge in [0.05, 0.1) is 0 Å². The molecule has 0 unspecified atom stereocenters. The Morgan fingerprint density at radius 2 is 1.67 bits per heavy atom. The van der Waals surface area contributed by atoms with Crippen molar-refractivity contribution in [3.63, 3.8) is 0 Å². The molecule has 2 N–H and O–H groups in total. The molecule has 0 heterocycles. The molecule has 1 aromatic carbocycles. The van der Waals surface area contributed by atoms with Crippen molar-refractivity contribution in [2.24, 2.45) is 0 Å². The van der Waals surface area contributed by atoms with Crippen molar-refractivity contribution >= 4 is 18.0 Å². The lowest BCUT2D eigenvalue weighted by molar-refractivity contribution is -0.142. The van der Waals surface area contributed by atoms with Gasteiger partial charge in [0, 0.05) is 6.54 Å². The summed E-state index contributed by atoms with van der Waals surface area (Å²) in [6.07, 6.45) is -0.615. The van der Waals surface area contributed by atoms with Crippen molar-refractivity contribution in [3.8, 4) is 0 Å². The van der Waals surface area contributed by atoms with Crippen molar-refractivity contribution < 1.29 is 24.2 Å². The number of ether oxygens (including phenoxy) is 1. The molecular weight excluding hydrogens is 348 g/mol. The number of carboxylic acids is 1. The third-order valence-corrected chi connectivity index (χ3v) is 4.04. The number of carbonyl (C=O) groups excluding carboxylic acids is 2. The topological polar surface area (TPSA) is 95.9 Å². The lowest BCUT2D eigenvalue weighted by Crippen LogP contribution is -2.53. The average molecular weight is 378 g/mol. The highest BCUT2D eigenvalue weighted by molar-refractivity contribution is 5.88. The van der Waals surface area contributed by atoms with E-state index in [4.69, 9.17) is 9.84 Å². The average Bonchev–Trinajstić information content (AvgIpc) is 2.57. The molecule has 0 aromatic heterocycles. The molecule has 0 spiro atoms. The van der Waals surface area contributed by atoms with Crippen molar-refractivity contribution in [1.29, 1.82) is 0 Å². The maximum atomic E-state index is 12.7. The molecule has 27 heavy (non-hydrogen) atoms. The summed E-state index contributed by atoms with van der Waals surface area (Å²) in [5, 5.41) is 11.4. The van der Waals surface area contributed by atoms with Gasteiger partial charge in [0.15, 0.2) is 0 Å². The van der Waals surface area contributed by atoms with Gasteiger partial charge in [-0.25, -0.2) is 4.79 Å². The third-order valence-electron chi connectivity index (χ3n) is 4.04. The minimum atomic E-state index is -1.14. The first-order chi connectivity index (χ1) is 12.4. The highest BCUT2D eigenvalue weighted by Gasteiger charge is 2.32. The first kappa shape index (κ1) is 22.5. The van der Waals surface area contributed by atoms with Gasteiger partial charge in [-0.15, -0.1) is 0 Å². The van der Waals surface area contributed by atoms with Crippen molar-refractivity contribution in [1.82, 2.24) is 10.2 Å². The molecule has 2 amide bonds. The van der Waals surface area contributed by atoms with Crippen LogP contribution in [0.5, 0.6) is 0 Å². The maximum Gasteiger partial charge on any atom is 0.410 e. The van der Waals surface area contributed by atoms with Crippen LogP contribution in [0.15, 0.2) is 30.3 Å². The SMILES string of the molecule is C[C@H](NC(=O)[C@@H](C)N(C[C@H](C)c1ccccc1)C(=O)OC(C)(C)C)C(=O)O. The summed E-state index contributed by atoms with van der Waals surface area (Å²) in [4.78, 5) is 37.5. The number of rotatable bonds is 7. The molecule has 7 heteroatoms. The van der Waals surface area contributed by atoms with Gasteiger partial charge in [-0.05, 0) is 46.1 Å². The molecule has 7 nitrogen and oxygen atoms in total. The summed E-state index contributed by atoms with van der Waals surface area (Å²) in [5.74, 6) is -1.72. The van der Waals surface area contributed by atoms with E-state index in [2.05, 4.69) is 5.32 Å². The van der Waals surface area contributed by atoms with Crippen LogP contribution in [-0.4, -0.2) is 52.2 Å². The number of hydrogen-bond acceptors (Lipinski definition) is 4. The van der Waals surface area contributed by atoms with Crippen LogP contribution in [0.25, 0.3) is 0 Å². The molecule has 0 saturated carbocycles. The van der Waals surface area contributed by atoms with Gasteiger partial charge in [-0.1, -0.05) is 37.3 Å². The molecular formula is C20H30N2O5. The lowest BCUT2D eigenvalue weighted by Gasteiger charge is -2.33. The zero-order valence-electron chi connectivity index (χ0n) is 16.9. The maximum absolute atomic E-state index is 12.7. The molecule has 1 aromatic rings. The van der Waals surface area contributed by atoms with Crippen LogP contribution in [0.1, 0.15) is 53.0 Å². The third kappa shape index (κ3) is 7.29. The number of hydrogen-bond donors (Lipinski definition) is 2. The van der Waals surface area contributed by atoms with Gasteiger partial charge in [0.25, 0.3) is 0 Å². The van der Waals surface area contributed by atoms with Crippen molar-refractivity contribution in [2.45, 2.75) is 65.1 Å². The fourth-order valence-corrected chi connectivity index (χ4v) is 2.43. The molecule has 150 valence electrons. The fourth-order valence-electron chi connectivity index (χ4n) is 2.43. The predicted octanol–water partition coefficient (Wildman–Crippen LogP) is 3.01. The van der Waals surface area contributed by atoms with E-state index in [-0.39, 0.29) is 12.5 Å². The summed E-state index contributed by atoms with van der Waals surface area (Å²) in [6.45, 7) is 10.4. The summed E-state index contributed by atoms with van der Waals surface area (Å²) in [5.41, 5.74) is 0.313. The highest BCUT2D eigenvalue weighted by atomic mass is 16.6. The van der Waals surface area contributed by atoms with Gasteiger partial charge < -0.3 is 15.2 Å². The summed E-state index contributed by atoms with van der Waals surface area (Å²) >= 11 is 0. The molecule has 0 fully saturated rings. The zero-order chi connectivity index (χ0) is 20.8. The Labute approximate surface area is 160 Å². The Balaban J connectivity index is 3.00. The Bertz CT molecular complexity index is 654. The smallest absolute Gasteiger partial charge is 0.410 e. The first-order valence-corrected chi connectivity index (χ1v) is 9.00. The standard InChI is InChI=1S/C20H30N2O5/c1-13(16-10-8-7-9-11-16)12-22(19(26)27-20(4,5)6)15(3)17(23)21-14(2)18(24)25/h7-11,13-15H,12H2,1-6H3,(H,21,23)(H,24,25)/t13-,14-,15+/m0/s1. The number of carbonyl (C=O) groups is 3. The highest BCUT2D eigenvalue weighted by Crippen LogP contribution is 2.20. The van der Waals surface area contributed by atoms with E-state index in [9.17, 15) is 14.4 Å².